The number of carbonyl (C=O) groups is 2. The highest BCUT2D eigenvalue weighted by Crippen LogP contribution is 2.30. The summed E-state index contributed by atoms with van der Waals surface area (Å²) in [5, 5.41) is 8.32. The molecule has 1 unspecified atom stereocenters. The molecule has 1 aliphatic heterocycles. The number of nitrogens with zero attached hydrogens (tertiary/aromatic N) is 1. The van der Waals surface area contributed by atoms with E-state index in [4.69, 9.17) is 4.74 Å². The first-order chi connectivity index (χ1) is 11.5. The fraction of sp³-hybridized carbons (Fsp3) is 0.235. The monoisotopic (exact) mass is 326 g/mol. The highest BCUT2D eigenvalue weighted by atomic mass is 16.5. The van der Waals surface area contributed by atoms with Gasteiger partial charge in [0.15, 0.2) is 6.61 Å². The number of anilines is 2. The Morgan fingerprint density at radius 1 is 1.38 bits per heavy atom. The van der Waals surface area contributed by atoms with Crippen LogP contribution in [-0.4, -0.2) is 23.5 Å². The van der Waals surface area contributed by atoms with Crippen molar-refractivity contribution in [3.8, 4) is 5.75 Å². The maximum atomic E-state index is 12.1. The van der Waals surface area contributed by atoms with Crippen molar-refractivity contribution in [3.05, 3.63) is 47.7 Å². The summed E-state index contributed by atoms with van der Waals surface area (Å²) in [4.78, 5) is 27.7. The molecule has 3 rings (SSSR count). The number of urea groups is 1. The molecule has 3 amide bonds. The number of aromatic nitrogens is 1. The predicted molar refractivity (Wildman–Crippen MR) is 90.1 cm³/mol. The zero-order chi connectivity index (χ0) is 17.1. The number of ether oxygens (including phenoxy) is 1. The second-order valence-electron chi connectivity index (χ2n) is 5.58. The van der Waals surface area contributed by atoms with Gasteiger partial charge in [-0.2, -0.15) is 0 Å². The molecule has 24 heavy (non-hydrogen) atoms. The van der Waals surface area contributed by atoms with Gasteiger partial charge in [-0.25, -0.2) is 9.78 Å². The Morgan fingerprint density at radius 3 is 3.00 bits per heavy atom. The van der Waals surface area contributed by atoms with Crippen molar-refractivity contribution in [3.63, 3.8) is 0 Å². The Morgan fingerprint density at radius 2 is 2.21 bits per heavy atom. The second kappa shape index (κ2) is 6.57. The van der Waals surface area contributed by atoms with Crippen molar-refractivity contribution in [2.24, 2.45) is 0 Å². The highest BCUT2D eigenvalue weighted by molar-refractivity contribution is 5.95. The first-order valence-electron chi connectivity index (χ1n) is 7.58. The van der Waals surface area contributed by atoms with Crippen LogP contribution in [-0.2, 0) is 4.79 Å². The van der Waals surface area contributed by atoms with Crippen LogP contribution in [0.2, 0.25) is 0 Å². The third-order valence-electron chi connectivity index (χ3n) is 3.73. The maximum absolute atomic E-state index is 12.1. The SMILES string of the molecule is Cc1cccnc1NC(=O)NC(C)c1ccc2c(c1)NC(=O)CO2. The maximum Gasteiger partial charge on any atom is 0.320 e. The molecule has 2 heterocycles. The van der Waals surface area contributed by atoms with E-state index in [1.165, 1.54) is 0 Å². The molecule has 0 bridgehead atoms. The van der Waals surface area contributed by atoms with Gasteiger partial charge in [-0.05, 0) is 43.2 Å². The lowest BCUT2D eigenvalue weighted by molar-refractivity contribution is -0.118. The molecule has 7 nitrogen and oxygen atoms in total. The van der Waals surface area contributed by atoms with E-state index in [2.05, 4.69) is 20.9 Å². The number of pyridine rings is 1. The van der Waals surface area contributed by atoms with Gasteiger partial charge >= 0.3 is 6.03 Å². The van der Waals surface area contributed by atoms with Crippen molar-refractivity contribution in [1.82, 2.24) is 10.3 Å². The molecular weight excluding hydrogens is 308 g/mol. The molecule has 2 aromatic rings. The molecule has 1 atom stereocenters. The zero-order valence-electron chi connectivity index (χ0n) is 13.4. The summed E-state index contributed by atoms with van der Waals surface area (Å²) in [7, 11) is 0. The van der Waals surface area contributed by atoms with Crippen LogP contribution in [0.1, 0.15) is 24.1 Å². The molecule has 0 saturated carbocycles. The molecule has 3 N–H and O–H groups in total. The summed E-state index contributed by atoms with van der Waals surface area (Å²) >= 11 is 0. The lowest BCUT2D eigenvalue weighted by Crippen LogP contribution is -2.32. The van der Waals surface area contributed by atoms with E-state index in [9.17, 15) is 9.59 Å². The van der Waals surface area contributed by atoms with E-state index in [1.807, 2.05) is 32.0 Å². The molecule has 0 fully saturated rings. The molecule has 124 valence electrons. The number of nitrogens with one attached hydrogen (secondary N) is 3. The molecule has 0 radical (unpaired) electrons. The predicted octanol–water partition coefficient (Wildman–Crippen LogP) is 2.60. The Kier molecular flexibility index (Phi) is 4.33. The number of rotatable bonds is 3. The molecule has 1 aromatic heterocycles. The van der Waals surface area contributed by atoms with Crippen LogP contribution in [0.25, 0.3) is 0 Å². The van der Waals surface area contributed by atoms with Crippen LogP contribution >= 0.6 is 0 Å². The Labute approximate surface area is 139 Å². The molecule has 1 aliphatic rings. The lowest BCUT2D eigenvalue weighted by atomic mass is 10.1. The normalized spacial score (nSPS) is 14.0. The Balaban J connectivity index is 1.67. The molecular formula is C17H18N4O3. The van der Waals surface area contributed by atoms with Gasteiger partial charge < -0.3 is 15.4 Å². The minimum Gasteiger partial charge on any atom is -0.482 e. The summed E-state index contributed by atoms with van der Waals surface area (Å²) in [6.07, 6.45) is 1.62. The standard InChI is InChI=1S/C17H18N4O3/c1-10-4-3-7-18-16(10)21-17(23)19-11(2)12-5-6-14-13(8-12)20-15(22)9-24-14/h3-8,11H,9H2,1-2H3,(H,20,22)(H2,18,19,21,23). The number of hydrogen-bond acceptors (Lipinski definition) is 4. The van der Waals surface area contributed by atoms with Crippen LogP contribution < -0.4 is 20.7 Å². The molecule has 1 aromatic carbocycles. The topological polar surface area (TPSA) is 92.4 Å². The van der Waals surface area contributed by atoms with Gasteiger partial charge in [0.05, 0.1) is 11.7 Å². The van der Waals surface area contributed by atoms with Crippen LogP contribution in [0.5, 0.6) is 5.75 Å². The van der Waals surface area contributed by atoms with Gasteiger partial charge in [-0.15, -0.1) is 0 Å². The summed E-state index contributed by atoms with van der Waals surface area (Å²) in [5.74, 6) is 0.955. The quantitative estimate of drug-likeness (QED) is 0.808. The second-order valence-corrected chi connectivity index (χ2v) is 5.58. The number of hydrogen-bond donors (Lipinski definition) is 3. The minimum atomic E-state index is -0.345. The highest BCUT2D eigenvalue weighted by Gasteiger charge is 2.18. The Hall–Kier alpha value is -3.09. The fourth-order valence-electron chi connectivity index (χ4n) is 2.41. The van der Waals surface area contributed by atoms with E-state index in [1.54, 1.807) is 18.3 Å². The average molecular weight is 326 g/mol. The summed E-state index contributed by atoms with van der Waals surface area (Å²) in [5.41, 5.74) is 2.35. The smallest absolute Gasteiger partial charge is 0.320 e. The number of fused-ring (bicyclic) bond motifs is 1. The van der Waals surface area contributed by atoms with Crippen molar-refractivity contribution in [2.75, 3.05) is 17.2 Å². The first kappa shape index (κ1) is 15.8. The number of amides is 3. The van der Waals surface area contributed by atoms with E-state index < -0.39 is 0 Å². The van der Waals surface area contributed by atoms with Crippen molar-refractivity contribution >= 4 is 23.4 Å². The lowest BCUT2D eigenvalue weighted by Gasteiger charge is -2.21. The van der Waals surface area contributed by atoms with Gasteiger partial charge in [0.1, 0.15) is 11.6 Å². The van der Waals surface area contributed by atoms with E-state index in [0.717, 1.165) is 11.1 Å². The van der Waals surface area contributed by atoms with Crippen molar-refractivity contribution in [1.29, 1.82) is 0 Å². The summed E-state index contributed by atoms with van der Waals surface area (Å²) in [6, 6.07) is 8.52. The minimum absolute atomic E-state index is 0.0198. The van der Waals surface area contributed by atoms with E-state index >= 15 is 0 Å². The van der Waals surface area contributed by atoms with Crippen molar-refractivity contribution < 1.29 is 14.3 Å². The van der Waals surface area contributed by atoms with Crippen molar-refractivity contribution in [2.45, 2.75) is 19.9 Å². The first-order valence-corrected chi connectivity index (χ1v) is 7.58. The molecule has 0 spiro atoms. The largest absolute Gasteiger partial charge is 0.482 e. The van der Waals surface area contributed by atoms with Gasteiger partial charge in [0.25, 0.3) is 5.91 Å². The number of carbonyl (C=O) groups excluding carboxylic acids is 2. The summed E-state index contributed by atoms with van der Waals surface area (Å²) in [6.45, 7) is 3.75. The molecule has 0 aliphatic carbocycles. The van der Waals surface area contributed by atoms with E-state index in [-0.39, 0.29) is 24.6 Å². The van der Waals surface area contributed by atoms with Gasteiger partial charge in [0.2, 0.25) is 0 Å². The van der Waals surface area contributed by atoms with Gasteiger partial charge in [0, 0.05) is 6.20 Å². The van der Waals surface area contributed by atoms with Crippen LogP contribution in [0, 0.1) is 6.92 Å². The molecule has 0 saturated heterocycles. The molecule has 7 heteroatoms. The fourth-order valence-corrected chi connectivity index (χ4v) is 2.41. The third-order valence-corrected chi connectivity index (χ3v) is 3.73. The van der Waals surface area contributed by atoms with Crippen LogP contribution in [0.3, 0.4) is 0 Å². The van der Waals surface area contributed by atoms with Crippen LogP contribution in [0.15, 0.2) is 36.5 Å². The van der Waals surface area contributed by atoms with Gasteiger partial charge in [-0.1, -0.05) is 12.1 Å². The Bertz CT molecular complexity index is 791. The van der Waals surface area contributed by atoms with Gasteiger partial charge in [-0.3, -0.25) is 10.1 Å². The zero-order valence-corrected chi connectivity index (χ0v) is 13.4. The number of aryl methyl sites for hydroxylation is 1. The third kappa shape index (κ3) is 3.45. The van der Waals surface area contributed by atoms with E-state index in [0.29, 0.717) is 17.3 Å². The summed E-state index contributed by atoms with van der Waals surface area (Å²) < 4.78 is 5.32. The van der Waals surface area contributed by atoms with Crippen LogP contribution in [0.4, 0.5) is 16.3 Å². The average Bonchev–Trinajstić information content (AvgIpc) is 2.56. The number of benzene rings is 1.